The monoisotopic (exact) mass is 332 g/mol. The van der Waals surface area contributed by atoms with Crippen LogP contribution >= 0.6 is 11.6 Å². The van der Waals surface area contributed by atoms with Crippen molar-refractivity contribution in [2.45, 2.75) is 6.42 Å². The maximum atomic E-state index is 13.8. The van der Waals surface area contributed by atoms with E-state index in [0.29, 0.717) is 16.3 Å². The number of carbonyl (C=O) groups is 1. The van der Waals surface area contributed by atoms with E-state index in [4.69, 9.17) is 21.9 Å². The number of hydrogen-bond donors (Lipinski definition) is 1. The summed E-state index contributed by atoms with van der Waals surface area (Å²) in [5.41, 5.74) is 6.09. The van der Waals surface area contributed by atoms with E-state index in [0.717, 1.165) is 0 Å². The van der Waals surface area contributed by atoms with Crippen LogP contribution in [0.1, 0.15) is 21.7 Å². The van der Waals surface area contributed by atoms with E-state index in [9.17, 15) is 9.18 Å². The highest BCUT2D eigenvalue weighted by Crippen LogP contribution is 2.22. The zero-order valence-corrected chi connectivity index (χ0v) is 12.4. The smallest absolute Gasteiger partial charge is 0.276 e. The normalized spacial score (nSPS) is 10.7. The summed E-state index contributed by atoms with van der Waals surface area (Å²) in [5.74, 6) is -0.589. The summed E-state index contributed by atoms with van der Waals surface area (Å²) >= 11 is 5.97. The van der Waals surface area contributed by atoms with Gasteiger partial charge in [0.1, 0.15) is 11.5 Å². The van der Waals surface area contributed by atoms with Crippen LogP contribution in [0.4, 0.5) is 4.39 Å². The molecule has 2 heterocycles. The molecule has 6 nitrogen and oxygen atoms in total. The number of rotatable bonds is 4. The van der Waals surface area contributed by atoms with Gasteiger partial charge in [-0.25, -0.2) is 4.39 Å². The molecule has 116 valence electrons. The van der Waals surface area contributed by atoms with Crippen molar-refractivity contribution in [3.63, 3.8) is 0 Å². The molecule has 8 heteroatoms. The zero-order chi connectivity index (χ0) is 16.4. The summed E-state index contributed by atoms with van der Waals surface area (Å²) in [6.45, 7) is 0. The lowest BCUT2D eigenvalue weighted by Crippen LogP contribution is -2.10. The lowest BCUT2D eigenvalue weighted by atomic mass is 10.1. The molecule has 0 spiro atoms. The predicted molar refractivity (Wildman–Crippen MR) is 80.3 cm³/mol. The molecule has 3 aromatic rings. The summed E-state index contributed by atoms with van der Waals surface area (Å²) in [6, 6.07) is 7.46. The van der Waals surface area contributed by atoms with E-state index >= 15 is 0 Å². The molecule has 0 aliphatic carbocycles. The Kier molecular flexibility index (Phi) is 4.03. The van der Waals surface area contributed by atoms with Gasteiger partial charge in [-0.1, -0.05) is 22.8 Å². The highest BCUT2D eigenvalue weighted by Gasteiger charge is 2.14. The summed E-state index contributed by atoms with van der Waals surface area (Å²) in [7, 11) is 0. The van der Waals surface area contributed by atoms with Crippen LogP contribution < -0.4 is 5.73 Å². The van der Waals surface area contributed by atoms with E-state index in [1.807, 2.05) is 0 Å². The first-order valence-electron chi connectivity index (χ1n) is 6.56. The molecule has 1 aromatic carbocycles. The molecule has 0 unspecified atom stereocenters. The van der Waals surface area contributed by atoms with Crippen molar-refractivity contribution in [1.29, 1.82) is 0 Å². The molecule has 2 aromatic heterocycles. The highest BCUT2D eigenvalue weighted by molar-refractivity contribution is 6.31. The third kappa shape index (κ3) is 3.19. The maximum absolute atomic E-state index is 13.8. The van der Waals surface area contributed by atoms with Crippen molar-refractivity contribution < 1.29 is 13.7 Å². The van der Waals surface area contributed by atoms with Crippen molar-refractivity contribution in [3.8, 4) is 11.6 Å². The van der Waals surface area contributed by atoms with E-state index in [2.05, 4.69) is 15.1 Å². The lowest BCUT2D eigenvalue weighted by Gasteiger charge is -2.01. The minimum atomic E-state index is -0.579. The molecule has 1 amide bonds. The SMILES string of the molecule is NC(=O)c1ccc(-c2nc(Cc3c(F)cccc3Cl)no2)nc1. The van der Waals surface area contributed by atoms with Gasteiger partial charge in [-0.15, -0.1) is 0 Å². The minimum absolute atomic E-state index is 0.0916. The van der Waals surface area contributed by atoms with Crippen LogP contribution in [0.3, 0.4) is 0 Å². The number of halogens is 2. The van der Waals surface area contributed by atoms with Gasteiger partial charge >= 0.3 is 0 Å². The van der Waals surface area contributed by atoms with Crippen molar-refractivity contribution in [3.05, 3.63) is 64.3 Å². The Morgan fingerprint density at radius 2 is 2.13 bits per heavy atom. The third-order valence-electron chi connectivity index (χ3n) is 3.13. The summed E-state index contributed by atoms with van der Waals surface area (Å²) in [6.07, 6.45) is 1.41. The second kappa shape index (κ2) is 6.13. The number of nitrogens with zero attached hydrogens (tertiary/aromatic N) is 3. The Morgan fingerprint density at radius 3 is 2.78 bits per heavy atom. The number of pyridine rings is 1. The number of aromatic nitrogens is 3. The molecule has 0 bridgehead atoms. The number of nitrogens with two attached hydrogens (primary N) is 1. The first kappa shape index (κ1) is 15.1. The number of amides is 1. The Morgan fingerprint density at radius 1 is 1.30 bits per heavy atom. The Balaban J connectivity index is 1.84. The Labute approximate surface area is 135 Å². The molecule has 3 rings (SSSR count). The van der Waals surface area contributed by atoms with Gasteiger partial charge in [0.05, 0.1) is 5.56 Å². The van der Waals surface area contributed by atoms with Crippen LogP contribution in [-0.2, 0) is 6.42 Å². The van der Waals surface area contributed by atoms with E-state index in [1.165, 1.54) is 30.5 Å². The van der Waals surface area contributed by atoms with Gasteiger partial charge in [0.2, 0.25) is 5.91 Å². The van der Waals surface area contributed by atoms with Crippen LogP contribution in [0.25, 0.3) is 11.6 Å². The average molecular weight is 333 g/mol. The second-order valence-electron chi connectivity index (χ2n) is 4.69. The average Bonchev–Trinajstić information content (AvgIpc) is 3.00. The number of benzene rings is 1. The predicted octanol–water partition coefficient (Wildman–Crippen LogP) is 2.61. The summed E-state index contributed by atoms with van der Waals surface area (Å²) in [4.78, 5) is 19.2. The fourth-order valence-electron chi connectivity index (χ4n) is 1.96. The van der Waals surface area contributed by atoms with Crippen LogP contribution in [0, 0.1) is 5.82 Å². The molecular formula is C15H10ClFN4O2. The standard InChI is InChI=1S/C15H10ClFN4O2/c16-10-2-1-3-11(17)9(10)6-13-20-15(23-21-13)12-5-4-8(7-19-12)14(18)22/h1-5,7H,6H2,(H2,18,22). The number of primary amides is 1. The lowest BCUT2D eigenvalue weighted by molar-refractivity contribution is 0.1000. The zero-order valence-electron chi connectivity index (χ0n) is 11.7. The molecule has 0 fully saturated rings. The van der Waals surface area contributed by atoms with Crippen LogP contribution in [-0.4, -0.2) is 21.0 Å². The summed E-state index contributed by atoms with van der Waals surface area (Å²) in [5, 5.41) is 4.08. The van der Waals surface area contributed by atoms with Crippen LogP contribution in [0.15, 0.2) is 41.1 Å². The quantitative estimate of drug-likeness (QED) is 0.792. The van der Waals surface area contributed by atoms with Crippen molar-refractivity contribution in [2.75, 3.05) is 0 Å². The van der Waals surface area contributed by atoms with Gasteiger partial charge in [-0.05, 0) is 24.3 Å². The van der Waals surface area contributed by atoms with E-state index in [-0.39, 0.29) is 23.7 Å². The first-order valence-corrected chi connectivity index (χ1v) is 6.94. The summed E-state index contributed by atoms with van der Waals surface area (Å²) < 4.78 is 18.9. The molecule has 0 saturated heterocycles. The molecule has 0 saturated carbocycles. The topological polar surface area (TPSA) is 94.9 Å². The van der Waals surface area contributed by atoms with Gasteiger partial charge < -0.3 is 10.3 Å². The number of hydrogen-bond acceptors (Lipinski definition) is 5. The fourth-order valence-corrected chi connectivity index (χ4v) is 2.19. The highest BCUT2D eigenvalue weighted by atomic mass is 35.5. The molecule has 2 N–H and O–H groups in total. The largest absolute Gasteiger partial charge is 0.366 e. The first-order chi connectivity index (χ1) is 11.0. The third-order valence-corrected chi connectivity index (χ3v) is 3.49. The molecule has 0 aliphatic heterocycles. The van der Waals surface area contributed by atoms with Gasteiger partial charge in [-0.2, -0.15) is 4.98 Å². The van der Waals surface area contributed by atoms with Crippen molar-refractivity contribution in [2.24, 2.45) is 5.73 Å². The van der Waals surface area contributed by atoms with Crippen molar-refractivity contribution in [1.82, 2.24) is 15.1 Å². The fraction of sp³-hybridized carbons (Fsp3) is 0.0667. The second-order valence-corrected chi connectivity index (χ2v) is 5.10. The Hall–Kier alpha value is -2.80. The van der Waals surface area contributed by atoms with Gasteiger partial charge in [0, 0.05) is 23.2 Å². The maximum Gasteiger partial charge on any atom is 0.276 e. The van der Waals surface area contributed by atoms with Crippen LogP contribution in [0.5, 0.6) is 0 Å². The minimum Gasteiger partial charge on any atom is -0.366 e. The van der Waals surface area contributed by atoms with E-state index < -0.39 is 11.7 Å². The molecule has 0 aliphatic rings. The van der Waals surface area contributed by atoms with E-state index in [1.54, 1.807) is 6.07 Å². The van der Waals surface area contributed by atoms with Crippen molar-refractivity contribution >= 4 is 17.5 Å². The van der Waals surface area contributed by atoms with Crippen LogP contribution in [0.2, 0.25) is 5.02 Å². The molecule has 0 atom stereocenters. The molecular weight excluding hydrogens is 323 g/mol. The Bertz CT molecular complexity index is 844. The van der Waals surface area contributed by atoms with Gasteiger partial charge in [-0.3, -0.25) is 9.78 Å². The molecule has 0 radical (unpaired) electrons. The number of carbonyl (C=O) groups excluding carboxylic acids is 1. The van der Waals surface area contributed by atoms with Gasteiger partial charge in [0.15, 0.2) is 5.82 Å². The van der Waals surface area contributed by atoms with Gasteiger partial charge in [0.25, 0.3) is 5.89 Å². The molecule has 23 heavy (non-hydrogen) atoms.